The van der Waals surface area contributed by atoms with Crippen LogP contribution in [0.15, 0.2) is 24.3 Å². The van der Waals surface area contributed by atoms with Gasteiger partial charge in [0.05, 0.1) is 33.0 Å². The molecule has 5 rings (SSSR count). The quantitative estimate of drug-likeness (QED) is 0.630. The van der Waals surface area contributed by atoms with Crippen molar-refractivity contribution in [2.24, 2.45) is 0 Å². The highest BCUT2D eigenvalue weighted by atomic mass is 16.5. The van der Waals surface area contributed by atoms with Crippen LogP contribution in [-0.2, 0) is 19.6 Å². The fourth-order valence-corrected chi connectivity index (χ4v) is 5.39. The van der Waals surface area contributed by atoms with Gasteiger partial charge in [0.15, 0.2) is 0 Å². The van der Waals surface area contributed by atoms with Crippen molar-refractivity contribution in [3.8, 4) is 11.5 Å². The topological polar surface area (TPSA) is 79.2 Å². The zero-order valence-corrected chi connectivity index (χ0v) is 17.9. The van der Waals surface area contributed by atoms with Gasteiger partial charge in [0.25, 0.3) is 5.91 Å². The molecule has 0 aromatic heterocycles. The van der Waals surface area contributed by atoms with Crippen LogP contribution < -0.4 is 9.47 Å². The predicted molar refractivity (Wildman–Crippen MR) is 119 cm³/mol. The molecule has 2 heterocycles. The van der Waals surface area contributed by atoms with Gasteiger partial charge in [0, 0.05) is 23.7 Å². The minimum absolute atomic E-state index is 0.0712. The van der Waals surface area contributed by atoms with Crippen molar-refractivity contribution in [1.82, 2.24) is 4.90 Å². The Balaban J connectivity index is 1.93. The second-order valence-electron chi connectivity index (χ2n) is 8.44. The van der Waals surface area contributed by atoms with Crippen LogP contribution in [0.2, 0.25) is 0 Å². The van der Waals surface area contributed by atoms with Gasteiger partial charge in [0.1, 0.15) is 11.5 Å². The third-order valence-corrected chi connectivity index (χ3v) is 6.91. The Morgan fingerprint density at radius 3 is 2.13 bits per heavy atom. The molecule has 0 spiro atoms. The van der Waals surface area contributed by atoms with Gasteiger partial charge < -0.3 is 24.6 Å². The molecule has 3 aromatic rings. The fraction of sp³-hybridized carbons (Fsp3) is 0.400. The van der Waals surface area contributed by atoms with E-state index in [1.165, 1.54) is 0 Å². The maximum atomic E-state index is 13.7. The normalized spacial score (nSPS) is 18.3. The zero-order chi connectivity index (χ0) is 21.7. The molecule has 6 heteroatoms. The molecule has 3 aromatic carbocycles. The van der Waals surface area contributed by atoms with E-state index in [1.807, 2.05) is 29.2 Å². The van der Waals surface area contributed by atoms with E-state index in [-0.39, 0.29) is 25.2 Å². The lowest BCUT2D eigenvalue weighted by Gasteiger charge is -2.41. The monoisotopic (exact) mass is 421 g/mol. The first kappa shape index (κ1) is 20.1. The van der Waals surface area contributed by atoms with Gasteiger partial charge in [-0.05, 0) is 77.1 Å². The number of hydrogen-bond acceptors (Lipinski definition) is 5. The number of carbonyl (C=O) groups excluding carboxylic acids is 1. The highest BCUT2D eigenvalue weighted by molar-refractivity contribution is 6.20. The number of nitrogens with zero attached hydrogens (tertiary/aromatic N) is 1. The Morgan fingerprint density at radius 2 is 1.52 bits per heavy atom. The van der Waals surface area contributed by atoms with E-state index in [1.54, 1.807) is 14.2 Å². The molecule has 0 bridgehead atoms. The van der Waals surface area contributed by atoms with Gasteiger partial charge in [-0.15, -0.1) is 0 Å². The van der Waals surface area contributed by atoms with Crippen LogP contribution in [0.5, 0.6) is 11.5 Å². The lowest BCUT2D eigenvalue weighted by atomic mass is 9.81. The number of ether oxygens (including phenoxy) is 2. The van der Waals surface area contributed by atoms with Crippen LogP contribution in [0.1, 0.15) is 46.3 Å². The minimum atomic E-state index is -0.164. The molecule has 2 aliphatic rings. The van der Waals surface area contributed by atoms with E-state index in [4.69, 9.17) is 9.47 Å². The molecule has 1 atom stereocenters. The number of benzene rings is 3. The molecule has 0 radical (unpaired) electrons. The largest absolute Gasteiger partial charge is 0.496 e. The van der Waals surface area contributed by atoms with Crippen molar-refractivity contribution >= 4 is 27.5 Å². The molecule has 31 heavy (non-hydrogen) atoms. The SMILES string of the molecule is COc1cc2c3c(c4cc(OC)c(CO)cc4c2cc1CO)C(=O)N1CCCCC1C3. The fourth-order valence-electron chi connectivity index (χ4n) is 5.39. The lowest BCUT2D eigenvalue weighted by molar-refractivity contribution is 0.0586. The second kappa shape index (κ2) is 7.70. The summed E-state index contributed by atoms with van der Waals surface area (Å²) in [5.41, 5.74) is 3.12. The van der Waals surface area contributed by atoms with Crippen molar-refractivity contribution in [3.63, 3.8) is 0 Å². The van der Waals surface area contributed by atoms with Crippen LogP contribution >= 0.6 is 0 Å². The maximum absolute atomic E-state index is 13.7. The van der Waals surface area contributed by atoms with Gasteiger partial charge >= 0.3 is 0 Å². The molecule has 2 N–H and O–H groups in total. The Kier molecular flexibility index (Phi) is 4.99. The van der Waals surface area contributed by atoms with E-state index in [0.29, 0.717) is 22.6 Å². The number of amides is 1. The molecule has 1 fully saturated rings. The Hall–Kier alpha value is -2.83. The summed E-state index contributed by atoms with van der Waals surface area (Å²) in [5.74, 6) is 1.26. The molecule has 162 valence electrons. The summed E-state index contributed by atoms with van der Waals surface area (Å²) in [6, 6.07) is 7.90. The van der Waals surface area contributed by atoms with Crippen molar-refractivity contribution in [2.75, 3.05) is 20.8 Å². The van der Waals surface area contributed by atoms with Crippen molar-refractivity contribution in [3.05, 3.63) is 46.5 Å². The first-order chi connectivity index (χ1) is 15.1. The number of fused-ring (bicyclic) bond motifs is 7. The molecular formula is C25H27NO5. The third-order valence-electron chi connectivity index (χ3n) is 6.91. The molecule has 1 unspecified atom stereocenters. The van der Waals surface area contributed by atoms with Crippen LogP contribution in [-0.4, -0.2) is 47.8 Å². The van der Waals surface area contributed by atoms with Crippen LogP contribution in [0.25, 0.3) is 21.5 Å². The Bertz CT molecular complexity index is 1200. The van der Waals surface area contributed by atoms with E-state index in [2.05, 4.69) is 0 Å². The van der Waals surface area contributed by atoms with Crippen molar-refractivity contribution in [1.29, 1.82) is 0 Å². The second-order valence-corrected chi connectivity index (χ2v) is 8.44. The summed E-state index contributed by atoms with van der Waals surface area (Å²) in [6.07, 6.45) is 4.00. The molecule has 1 saturated heterocycles. The predicted octanol–water partition coefficient (Wildman–Crippen LogP) is 3.55. The Labute approximate surface area is 181 Å². The zero-order valence-electron chi connectivity index (χ0n) is 17.9. The van der Waals surface area contributed by atoms with Gasteiger partial charge in [-0.25, -0.2) is 0 Å². The first-order valence-corrected chi connectivity index (χ1v) is 10.8. The number of aliphatic hydroxyl groups excluding tert-OH is 2. The highest BCUT2D eigenvalue weighted by Crippen LogP contribution is 2.43. The lowest BCUT2D eigenvalue weighted by Crippen LogP contribution is -2.48. The van der Waals surface area contributed by atoms with E-state index < -0.39 is 0 Å². The summed E-state index contributed by atoms with van der Waals surface area (Å²) in [4.78, 5) is 15.7. The molecule has 1 amide bonds. The molecule has 2 aliphatic heterocycles. The third kappa shape index (κ3) is 2.97. The minimum Gasteiger partial charge on any atom is -0.496 e. The Morgan fingerprint density at radius 1 is 0.903 bits per heavy atom. The number of carbonyl (C=O) groups is 1. The van der Waals surface area contributed by atoms with Crippen LogP contribution in [0.4, 0.5) is 0 Å². The standard InChI is InChI=1S/C25H27NO5/c1-30-22-10-19-17(7-14(22)12-27)18-8-15(13-28)23(31-2)11-21(18)24-20(19)9-16-5-3-4-6-26(16)25(24)29/h7-8,10-11,16,27-28H,3-6,9,12-13H2,1-2H3. The summed E-state index contributed by atoms with van der Waals surface area (Å²) < 4.78 is 11.1. The summed E-state index contributed by atoms with van der Waals surface area (Å²) in [7, 11) is 3.17. The highest BCUT2D eigenvalue weighted by Gasteiger charge is 2.36. The van der Waals surface area contributed by atoms with E-state index in [0.717, 1.165) is 64.9 Å². The average Bonchev–Trinajstić information content (AvgIpc) is 2.82. The van der Waals surface area contributed by atoms with Crippen LogP contribution in [0.3, 0.4) is 0 Å². The van der Waals surface area contributed by atoms with Crippen LogP contribution in [0, 0.1) is 0 Å². The summed E-state index contributed by atoms with van der Waals surface area (Å²) in [6.45, 7) is 0.486. The number of aliphatic hydroxyl groups is 2. The van der Waals surface area contributed by atoms with Gasteiger partial charge in [-0.3, -0.25) is 4.79 Å². The number of hydrogen-bond donors (Lipinski definition) is 2. The van der Waals surface area contributed by atoms with Gasteiger partial charge in [-0.2, -0.15) is 0 Å². The van der Waals surface area contributed by atoms with E-state index in [9.17, 15) is 15.0 Å². The molecular weight excluding hydrogens is 394 g/mol. The maximum Gasteiger partial charge on any atom is 0.255 e. The van der Waals surface area contributed by atoms with Crippen molar-refractivity contribution < 1.29 is 24.5 Å². The number of piperidine rings is 1. The number of methoxy groups -OCH3 is 2. The van der Waals surface area contributed by atoms with Gasteiger partial charge in [-0.1, -0.05) is 0 Å². The summed E-state index contributed by atoms with van der Waals surface area (Å²) >= 11 is 0. The first-order valence-electron chi connectivity index (χ1n) is 10.8. The van der Waals surface area contributed by atoms with E-state index >= 15 is 0 Å². The molecule has 0 aliphatic carbocycles. The summed E-state index contributed by atoms with van der Waals surface area (Å²) in [5, 5.41) is 23.4. The average molecular weight is 421 g/mol. The van der Waals surface area contributed by atoms with Gasteiger partial charge in [0.2, 0.25) is 0 Å². The number of rotatable bonds is 4. The smallest absolute Gasteiger partial charge is 0.255 e. The molecule has 6 nitrogen and oxygen atoms in total. The van der Waals surface area contributed by atoms with Crippen molar-refractivity contribution in [2.45, 2.75) is 44.9 Å². The molecule has 0 saturated carbocycles.